The van der Waals surface area contributed by atoms with Gasteiger partial charge >= 0.3 is 0 Å². The van der Waals surface area contributed by atoms with Gasteiger partial charge in [-0.15, -0.1) is 0 Å². The minimum Gasteiger partial charge on any atom is -0.274 e. The SMILES string of the molecule is CCCN(CF)C(CC)CC. The lowest BCUT2D eigenvalue weighted by Crippen LogP contribution is -2.34. The Labute approximate surface area is 69.6 Å². The van der Waals surface area contributed by atoms with Gasteiger partial charge in [-0.05, 0) is 19.3 Å². The van der Waals surface area contributed by atoms with Crippen LogP contribution in [-0.4, -0.2) is 24.3 Å². The van der Waals surface area contributed by atoms with Crippen LogP contribution in [-0.2, 0) is 0 Å². The molecule has 0 unspecified atom stereocenters. The molecule has 0 N–H and O–H groups in total. The van der Waals surface area contributed by atoms with Crippen LogP contribution >= 0.6 is 0 Å². The van der Waals surface area contributed by atoms with Crippen LogP contribution in [0.2, 0.25) is 0 Å². The van der Waals surface area contributed by atoms with Gasteiger partial charge in [0.1, 0.15) is 6.80 Å². The molecular formula is C9H20FN. The van der Waals surface area contributed by atoms with Gasteiger partial charge in [0.05, 0.1) is 0 Å². The van der Waals surface area contributed by atoms with Crippen LogP contribution in [0.25, 0.3) is 0 Å². The molecule has 0 aliphatic rings. The van der Waals surface area contributed by atoms with E-state index in [1.54, 1.807) is 0 Å². The summed E-state index contributed by atoms with van der Waals surface area (Å²) in [4.78, 5) is 1.92. The molecule has 0 aromatic heterocycles. The standard InChI is InChI=1S/C9H20FN/c1-4-7-11(8-10)9(5-2)6-3/h9H,4-8H2,1-3H3. The maximum absolute atomic E-state index is 12.4. The Morgan fingerprint density at radius 3 is 2.00 bits per heavy atom. The molecule has 68 valence electrons. The van der Waals surface area contributed by atoms with Gasteiger partial charge in [0.2, 0.25) is 0 Å². The van der Waals surface area contributed by atoms with E-state index in [2.05, 4.69) is 20.8 Å². The summed E-state index contributed by atoms with van der Waals surface area (Å²) in [6.07, 6.45) is 3.15. The molecular weight excluding hydrogens is 141 g/mol. The lowest BCUT2D eigenvalue weighted by atomic mass is 10.1. The average molecular weight is 161 g/mol. The Bertz CT molecular complexity index is 81.6. The molecule has 0 heterocycles. The largest absolute Gasteiger partial charge is 0.274 e. The Hall–Kier alpha value is -0.110. The Morgan fingerprint density at radius 1 is 1.18 bits per heavy atom. The zero-order valence-corrected chi connectivity index (χ0v) is 7.94. The maximum Gasteiger partial charge on any atom is 0.143 e. The summed E-state index contributed by atoms with van der Waals surface area (Å²) >= 11 is 0. The van der Waals surface area contributed by atoms with Gasteiger partial charge in [0, 0.05) is 12.6 Å². The van der Waals surface area contributed by atoms with Crippen LogP contribution in [0.4, 0.5) is 4.39 Å². The second-order valence-electron chi connectivity index (χ2n) is 2.90. The number of rotatable bonds is 6. The van der Waals surface area contributed by atoms with E-state index in [4.69, 9.17) is 0 Å². The van der Waals surface area contributed by atoms with Crippen molar-refractivity contribution in [3.05, 3.63) is 0 Å². The van der Waals surface area contributed by atoms with Crippen molar-refractivity contribution in [3.8, 4) is 0 Å². The first-order chi connectivity index (χ1) is 5.29. The molecule has 0 aliphatic heterocycles. The van der Waals surface area contributed by atoms with E-state index in [0.717, 1.165) is 25.8 Å². The third-order valence-corrected chi connectivity index (χ3v) is 2.12. The van der Waals surface area contributed by atoms with E-state index < -0.39 is 0 Å². The Kier molecular flexibility index (Phi) is 6.52. The topological polar surface area (TPSA) is 3.24 Å². The minimum absolute atomic E-state index is 0.291. The maximum atomic E-state index is 12.4. The molecule has 0 fully saturated rings. The van der Waals surface area contributed by atoms with E-state index in [-0.39, 0.29) is 6.80 Å². The highest BCUT2D eigenvalue weighted by molar-refractivity contribution is 4.65. The third-order valence-electron chi connectivity index (χ3n) is 2.12. The van der Waals surface area contributed by atoms with Crippen molar-refractivity contribution >= 4 is 0 Å². The molecule has 0 bridgehead atoms. The monoisotopic (exact) mass is 161 g/mol. The summed E-state index contributed by atoms with van der Waals surface area (Å²) in [5.41, 5.74) is 0. The van der Waals surface area contributed by atoms with Crippen LogP contribution in [0, 0.1) is 0 Å². The molecule has 0 amide bonds. The molecule has 0 rings (SSSR count). The van der Waals surface area contributed by atoms with E-state index in [9.17, 15) is 4.39 Å². The van der Waals surface area contributed by atoms with E-state index >= 15 is 0 Å². The van der Waals surface area contributed by atoms with Crippen LogP contribution in [0.15, 0.2) is 0 Å². The van der Waals surface area contributed by atoms with Crippen molar-refractivity contribution in [1.29, 1.82) is 0 Å². The normalized spacial score (nSPS) is 11.5. The lowest BCUT2D eigenvalue weighted by molar-refractivity contribution is 0.122. The minimum atomic E-state index is -0.291. The van der Waals surface area contributed by atoms with E-state index in [1.165, 1.54) is 0 Å². The lowest BCUT2D eigenvalue weighted by Gasteiger charge is -2.26. The number of alkyl halides is 1. The number of hydrogen-bond donors (Lipinski definition) is 0. The Morgan fingerprint density at radius 2 is 1.73 bits per heavy atom. The molecule has 0 atom stereocenters. The molecule has 0 aromatic rings. The highest BCUT2D eigenvalue weighted by Crippen LogP contribution is 2.08. The molecule has 0 radical (unpaired) electrons. The molecule has 11 heavy (non-hydrogen) atoms. The third kappa shape index (κ3) is 3.71. The highest BCUT2D eigenvalue weighted by Gasteiger charge is 2.12. The van der Waals surface area contributed by atoms with Crippen LogP contribution in [0.3, 0.4) is 0 Å². The number of hydrogen-bond acceptors (Lipinski definition) is 1. The molecule has 0 saturated heterocycles. The van der Waals surface area contributed by atoms with E-state index in [1.807, 2.05) is 4.90 Å². The number of halogens is 1. The van der Waals surface area contributed by atoms with Crippen LogP contribution in [0.1, 0.15) is 40.0 Å². The van der Waals surface area contributed by atoms with Gasteiger partial charge in [-0.3, -0.25) is 4.90 Å². The van der Waals surface area contributed by atoms with Gasteiger partial charge in [-0.25, -0.2) is 4.39 Å². The molecule has 0 spiro atoms. The van der Waals surface area contributed by atoms with Gasteiger partial charge in [-0.2, -0.15) is 0 Å². The second kappa shape index (κ2) is 6.59. The zero-order chi connectivity index (χ0) is 8.69. The van der Waals surface area contributed by atoms with Crippen molar-refractivity contribution in [2.75, 3.05) is 13.3 Å². The summed E-state index contributed by atoms with van der Waals surface area (Å²) in [7, 11) is 0. The number of nitrogens with zero attached hydrogens (tertiary/aromatic N) is 1. The second-order valence-corrected chi connectivity index (χ2v) is 2.90. The molecule has 0 aromatic carbocycles. The van der Waals surface area contributed by atoms with Gasteiger partial charge in [-0.1, -0.05) is 20.8 Å². The van der Waals surface area contributed by atoms with Gasteiger partial charge in [0.25, 0.3) is 0 Å². The van der Waals surface area contributed by atoms with Crippen LogP contribution < -0.4 is 0 Å². The summed E-state index contributed by atoms with van der Waals surface area (Å²) in [5.74, 6) is 0. The summed E-state index contributed by atoms with van der Waals surface area (Å²) in [5, 5.41) is 0. The Balaban J connectivity index is 3.76. The van der Waals surface area contributed by atoms with E-state index in [0.29, 0.717) is 6.04 Å². The summed E-state index contributed by atoms with van der Waals surface area (Å²) in [6, 6.07) is 0.444. The smallest absolute Gasteiger partial charge is 0.143 e. The van der Waals surface area contributed by atoms with Crippen molar-refractivity contribution in [2.24, 2.45) is 0 Å². The molecule has 0 aliphatic carbocycles. The first kappa shape index (κ1) is 10.9. The van der Waals surface area contributed by atoms with Crippen molar-refractivity contribution in [3.63, 3.8) is 0 Å². The van der Waals surface area contributed by atoms with Crippen LogP contribution in [0.5, 0.6) is 0 Å². The fourth-order valence-electron chi connectivity index (χ4n) is 1.43. The predicted molar refractivity (Wildman–Crippen MR) is 47.3 cm³/mol. The quantitative estimate of drug-likeness (QED) is 0.541. The van der Waals surface area contributed by atoms with Crippen molar-refractivity contribution in [1.82, 2.24) is 4.90 Å². The first-order valence-electron chi connectivity index (χ1n) is 4.60. The fraction of sp³-hybridized carbons (Fsp3) is 1.00. The van der Waals surface area contributed by atoms with Gasteiger partial charge < -0.3 is 0 Å². The summed E-state index contributed by atoms with van der Waals surface area (Å²) in [6.45, 7) is 6.92. The first-order valence-corrected chi connectivity index (χ1v) is 4.60. The summed E-state index contributed by atoms with van der Waals surface area (Å²) < 4.78 is 12.4. The zero-order valence-electron chi connectivity index (χ0n) is 7.94. The molecule has 2 heteroatoms. The van der Waals surface area contributed by atoms with Crippen molar-refractivity contribution in [2.45, 2.75) is 46.1 Å². The predicted octanol–water partition coefficient (Wildman–Crippen LogP) is 2.81. The van der Waals surface area contributed by atoms with Crippen molar-refractivity contribution < 1.29 is 4.39 Å². The average Bonchev–Trinajstić information content (AvgIpc) is 2.05. The fourth-order valence-corrected chi connectivity index (χ4v) is 1.43. The molecule has 0 saturated carbocycles. The highest BCUT2D eigenvalue weighted by atomic mass is 19.1. The molecule has 1 nitrogen and oxygen atoms in total. The van der Waals surface area contributed by atoms with Gasteiger partial charge in [0.15, 0.2) is 0 Å².